The van der Waals surface area contributed by atoms with Crippen LogP contribution in [0.4, 0.5) is 0 Å². The van der Waals surface area contributed by atoms with E-state index >= 15 is 0 Å². The molecule has 18 heavy (non-hydrogen) atoms. The van der Waals surface area contributed by atoms with Crippen LogP contribution < -0.4 is 0 Å². The summed E-state index contributed by atoms with van der Waals surface area (Å²) >= 11 is 0. The quantitative estimate of drug-likeness (QED) is 0.472. The molecule has 0 N–H and O–H groups in total. The van der Waals surface area contributed by atoms with Crippen molar-refractivity contribution in [1.29, 1.82) is 0 Å². The molecule has 2 heteroatoms. The largest absolute Gasteiger partial charge is 0.414 e. The summed E-state index contributed by atoms with van der Waals surface area (Å²) in [5.74, 6) is 2.36. The second-order valence-electron chi connectivity index (χ2n) is 6.78. The van der Waals surface area contributed by atoms with Gasteiger partial charge < -0.3 is 4.43 Å². The van der Waals surface area contributed by atoms with Crippen molar-refractivity contribution in [3.05, 3.63) is 12.7 Å². The third-order valence-corrected chi connectivity index (χ3v) is 8.24. The lowest BCUT2D eigenvalue weighted by molar-refractivity contribution is 0.0387. The Balaban J connectivity index is 2.72. The zero-order valence-corrected chi connectivity index (χ0v) is 14.0. The van der Waals surface area contributed by atoms with E-state index in [0.29, 0.717) is 6.10 Å². The minimum Gasteiger partial charge on any atom is -0.414 e. The van der Waals surface area contributed by atoms with Crippen LogP contribution >= 0.6 is 0 Å². The van der Waals surface area contributed by atoms with Crippen LogP contribution in [0.15, 0.2) is 12.7 Å². The SMILES string of the molecule is C=CC[Si](C)(CC)OC1CC(C)CCC1C(C)C. The molecule has 0 amide bonds. The van der Waals surface area contributed by atoms with Crippen LogP contribution in [0.25, 0.3) is 0 Å². The molecule has 0 aliphatic heterocycles. The lowest BCUT2D eigenvalue weighted by Gasteiger charge is -2.42. The molecule has 0 heterocycles. The maximum atomic E-state index is 6.68. The first kappa shape index (κ1) is 16.0. The normalized spacial score (nSPS) is 32.2. The van der Waals surface area contributed by atoms with Crippen molar-refractivity contribution in [3.63, 3.8) is 0 Å². The molecule has 4 unspecified atom stereocenters. The number of allylic oxidation sites excluding steroid dienone is 1. The van der Waals surface area contributed by atoms with Gasteiger partial charge in [0.05, 0.1) is 0 Å². The molecule has 0 aromatic carbocycles. The molecule has 0 aromatic rings. The predicted octanol–water partition coefficient (Wildman–Crippen LogP) is 5.25. The molecule has 4 atom stereocenters. The molecule has 1 aliphatic carbocycles. The highest BCUT2D eigenvalue weighted by Gasteiger charge is 2.36. The van der Waals surface area contributed by atoms with Crippen molar-refractivity contribution in [1.82, 2.24) is 0 Å². The minimum atomic E-state index is -1.55. The first-order valence-electron chi connectivity index (χ1n) is 7.70. The Bertz CT molecular complexity index is 264. The third-order valence-electron chi connectivity index (χ3n) is 4.72. The molecule has 0 bridgehead atoms. The highest BCUT2D eigenvalue weighted by molar-refractivity contribution is 6.72. The van der Waals surface area contributed by atoms with Gasteiger partial charge in [-0.05, 0) is 49.2 Å². The highest BCUT2D eigenvalue weighted by atomic mass is 28.4. The highest BCUT2D eigenvalue weighted by Crippen LogP contribution is 2.37. The monoisotopic (exact) mass is 268 g/mol. The van der Waals surface area contributed by atoms with Gasteiger partial charge in [0.1, 0.15) is 0 Å². The van der Waals surface area contributed by atoms with Gasteiger partial charge in [-0.15, -0.1) is 6.58 Å². The number of rotatable bonds is 6. The first-order chi connectivity index (χ1) is 8.41. The molecule has 1 fully saturated rings. The Hall–Kier alpha value is -0.0831. The van der Waals surface area contributed by atoms with Gasteiger partial charge in [0.2, 0.25) is 0 Å². The predicted molar refractivity (Wildman–Crippen MR) is 83.3 cm³/mol. The number of hydrogen-bond acceptors (Lipinski definition) is 1. The topological polar surface area (TPSA) is 9.23 Å². The molecule has 0 radical (unpaired) electrons. The van der Waals surface area contributed by atoms with E-state index in [1.807, 2.05) is 0 Å². The van der Waals surface area contributed by atoms with Crippen LogP contribution in [0.5, 0.6) is 0 Å². The Kier molecular flexibility index (Phi) is 6.13. The van der Waals surface area contributed by atoms with Crippen LogP contribution in [0.3, 0.4) is 0 Å². The summed E-state index contributed by atoms with van der Waals surface area (Å²) in [5, 5.41) is 0. The smallest absolute Gasteiger partial charge is 0.193 e. The summed E-state index contributed by atoms with van der Waals surface area (Å²) in [6.07, 6.45) is 6.57. The fourth-order valence-electron chi connectivity index (χ4n) is 3.20. The zero-order chi connectivity index (χ0) is 13.8. The fourth-order valence-corrected chi connectivity index (χ4v) is 5.36. The molecule has 1 rings (SSSR count). The zero-order valence-electron chi connectivity index (χ0n) is 13.0. The maximum absolute atomic E-state index is 6.68. The first-order valence-corrected chi connectivity index (χ1v) is 10.5. The van der Waals surface area contributed by atoms with E-state index in [0.717, 1.165) is 23.8 Å². The van der Waals surface area contributed by atoms with Crippen molar-refractivity contribution >= 4 is 8.32 Å². The van der Waals surface area contributed by atoms with E-state index in [9.17, 15) is 0 Å². The van der Waals surface area contributed by atoms with Crippen molar-refractivity contribution in [2.45, 2.75) is 71.7 Å². The van der Waals surface area contributed by atoms with E-state index < -0.39 is 8.32 Å². The van der Waals surface area contributed by atoms with E-state index in [4.69, 9.17) is 4.43 Å². The van der Waals surface area contributed by atoms with Gasteiger partial charge >= 0.3 is 0 Å². The molecule has 0 saturated heterocycles. The summed E-state index contributed by atoms with van der Waals surface area (Å²) < 4.78 is 6.68. The molecule has 106 valence electrons. The summed E-state index contributed by atoms with van der Waals surface area (Å²) in [7, 11) is -1.55. The molecular weight excluding hydrogens is 236 g/mol. The van der Waals surface area contributed by atoms with Gasteiger partial charge in [0.25, 0.3) is 0 Å². The molecule has 0 aromatic heterocycles. The second kappa shape index (κ2) is 6.90. The van der Waals surface area contributed by atoms with Gasteiger partial charge in [0, 0.05) is 6.10 Å². The third kappa shape index (κ3) is 4.24. The Morgan fingerprint density at radius 2 is 2.06 bits per heavy atom. The van der Waals surface area contributed by atoms with Crippen molar-refractivity contribution in [3.8, 4) is 0 Å². The number of hydrogen-bond donors (Lipinski definition) is 0. The van der Waals surface area contributed by atoms with Crippen LogP contribution in [-0.2, 0) is 4.43 Å². The molecule has 1 nitrogen and oxygen atoms in total. The van der Waals surface area contributed by atoms with E-state index in [2.05, 4.69) is 46.9 Å². The Morgan fingerprint density at radius 1 is 1.39 bits per heavy atom. The maximum Gasteiger partial charge on any atom is 0.193 e. The van der Waals surface area contributed by atoms with Crippen LogP contribution in [0.2, 0.25) is 18.6 Å². The fraction of sp³-hybridized carbons (Fsp3) is 0.875. The summed E-state index contributed by atoms with van der Waals surface area (Å²) in [6.45, 7) is 15.7. The molecular formula is C16H32OSi. The van der Waals surface area contributed by atoms with Crippen LogP contribution in [-0.4, -0.2) is 14.4 Å². The molecule has 1 aliphatic rings. The summed E-state index contributed by atoms with van der Waals surface area (Å²) in [5.41, 5.74) is 0. The van der Waals surface area contributed by atoms with Gasteiger partial charge in [-0.2, -0.15) is 0 Å². The van der Waals surface area contributed by atoms with Crippen molar-refractivity contribution < 1.29 is 4.43 Å². The van der Waals surface area contributed by atoms with Crippen LogP contribution in [0, 0.1) is 17.8 Å². The van der Waals surface area contributed by atoms with Crippen LogP contribution in [0.1, 0.15) is 47.0 Å². The van der Waals surface area contributed by atoms with Crippen molar-refractivity contribution in [2.24, 2.45) is 17.8 Å². The second-order valence-corrected chi connectivity index (χ2v) is 11.0. The van der Waals surface area contributed by atoms with Gasteiger partial charge in [-0.3, -0.25) is 0 Å². The van der Waals surface area contributed by atoms with E-state index in [1.54, 1.807) is 0 Å². The van der Waals surface area contributed by atoms with Gasteiger partial charge in [0.15, 0.2) is 8.32 Å². The van der Waals surface area contributed by atoms with Gasteiger partial charge in [-0.25, -0.2) is 0 Å². The summed E-state index contributed by atoms with van der Waals surface area (Å²) in [6, 6.07) is 2.30. The minimum absolute atomic E-state index is 0.505. The standard InChI is InChI=1S/C16H32OSi/c1-7-11-18(6,8-2)17-16-12-14(5)9-10-15(16)13(3)4/h7,13-16H,1,8-12H2,2-6H3. The van der Waals surface area contributed by atoms with E-state index in [1.165, 1.54) is 25.3 Å². The average Bonchev–Trinajstić information content (AvgIpc) is 2.29. The summed E-state index contributed by atoms with van der Waals surface area (Å²) in [4.78, 5) is 0. The Morgan fingerprint density at radius 3 is 2.56 bits per heavy atom. The van der Waals surface area contributed by atoms with Gasteiger partial charge in [-0.1, -0.05) is 40.2 Å². The van der Waals surface area contributed by atoms with E-state index in [-0.39, 0.29) is 0 Å². The average molecular weight is 269 g/mol. The van der Waals surface area contributed by atoms with Crippen molar-refractivity contribution in [2.75, 3.05) is 0 Å². The lowest BCUT2D eigenvalue weighted by Crippen LogP contribution is -2.44. The Labute approximate surface area is 115 Å². The lowest BCUT2D eigenvalue weighted by atomic mass is 9.75. The molecule has 1 saturated carbocycles. The molecule has 0 spiro atoms.